The van der Waals surface area contributed by atoms with Crippen LogP contribution in [0.3, 0.4) is 0 Å². The van der Waals surface area contributed by atoms with Crippen LogP contribution in [0.15, 0.2) is 5.10 Å². The van der Waals surface area contributed by atoms with Gasteiger partial charge in [-0.1, -0.05) is 41.5 Å². The first kappa shape index (κ1) is 14.7. The van der Waals surface area contributed by atoms with E-state index in [0.717, 1.165) is 5.92 Å². The SMILES string of the molecule is CC(C)(C)/C(C=N)=N/N.CC(C)C. The Hall–Kier alpha value is -0.860. The molecule has 0 saturated heterocycles. The molecule has 3 nitrogen and oxygen atoms in total. The average Bonchev–Trinajstić information content (AvgIpc) is 1.85. The standard InChI is InChI=1S/C6H13N3.C4H10/c1-6(2,3)5(4-7)9-8;1-4(2)3/h4,7H,8H2,1-3H3;4H,1-3H3/b7-4?,9-5+;. The fourth-order valence-electron chi connectivity index (χ4n) is 0.447. The lowest BCUT2D eigenvalue weighted by Gasteiger charge is -2.15. The molecule has 0 aliphatic heterocycles. The molecule has 0 aromatic carbocycles. The maximum absolute atomic E-state index is 6.88. The van der Waals surface area contributed by atoms with Crippen molar-refractivity contribution in [1.29, 1.82) is 5.41 Å². The van der Waals surface area contributed by atoms with Gasteiger partial charge in [0.25, 0.3) is 0 Å². The fraction of sp³-hybridized carbons (Fsp3) is 0.800. The van der Waals surface area contributed by atoms with Crippen LogP contribution in [-0.4, -0.2) is 11.9 Å². The Morgan fingerprint density at radius 1 is 1.31 bits per heavy atom. The van der Waals surface area contributed by atoms with Crippen molar-refractivity contribution in [3.8, 4) is 0 Å². The van der Waals surface area contributed by atoms with E-state index >= 15 is 0 Å². The van der Waals surface area contributed by atoms with Crippen molar-refractivity contribution in [2.24, 2.45) is 22.3 Å². The zero-order valence-corrected chi connectivity index (χ0v) is 9.68. The van der Waals surface area contributed by atoms with Gasteiger partial charge in [-0.3, -0.25) is 0 Å². The van der Waals surface area contributed by atoms with Gasteiger partial charge in [0, 0.05) is 11.6 Å². The van der Waals surface area contributed by atoms with Crippen molar-refractivity contribution in [3.63, 3.8) is 0 Å². The van der Waals surface area contributed by atoms with E-state index in [1.807, 2.05) is 20.8 Å². The molecule has 0 amide bonds. The molecule has 0 aromatic rings. The Balaban J connectivity index is 0. The zero-order chi connectivity index (χ0) is 11.1. The Bertz CT molecular complexity index is 161. The van der Waals surface area contributed by atoms with Gasteiger partial charge in [0.2, 0.25) is 0 Å². The van der Waals surface area contributed by atoms with Crippen LogP contribution >= 0.6 is 0 Å². The first-order valence-electron chi connectivity index (χ1n) is 4.54. The summed E-state index contributed by atoms with van der Waals surface area (Å²) in [7, 11) is 0. The summed E-state index contributed by atoms with van der Waals surface area (Å²) in [6, 6.07) is 0. The molecular weight excluding hydrogens is 162 g/mol. The topological polar surface area (TPSA) is 62.2 Å². The molecule has 0 heterocycles. The van der Waals surface area contributed by atoms with E-state index in [1.54, 1.807) is 0 Å². The number of nitrogens with one attached hydrogen (secondary N) is 1. The summed E-state index contributed by atoms with van der Waals surface area (Å²) in [5.74, 6) is 5.84. The monoisotopic (exact) mass is 185 g/mol. The highest BCUT2D eigenvalue weighted by Crippen LogP contribution is 2.13. The van der Waals surface area contributed by atoms with E-state index in [-0.39, 0.29) is 5.41 Å². The van der Waals surface area contributed by atoms with E-state index in [2.05, 4.69) is 25.9 Å². The Labute approximate surface area is 81.9 Å². The maximum atomic E-state index is 6.88. The van der Waals surface area contributed by atoms with E-state index in [9.17, 15) is 0 Å². The number of rotatable bonds is 1. The molecule has 78 valence electrons. The molecule has 3 N–H and O–H groups in total. The average molecular weight is 185 g/mol. The van der Waals surface area contributed by atoms with Crippen molar-refractivity contribution in [1.82, 2.24) is 0 Å². The Morgan fingerprint density at radius 3 is 1.62 bits per heavy atom. The lowest BCUT2D eigenvalue weighted by atomic mass is 9.91. The summed E-state index contributed by atoms with van der Waals surface area (Å²) in [5.41, 5.74) is 0.513. The molecule has 0 aromatic heterocycles. The minimum Gasteiger partial charge on any atom is -0.323 e. The van der Waals surface area contributed by atoms with Gasteiger partial charge in [-0.2, -0.15) is 5.10 Å². The second kappa shape index (κ2) is 6.63. The fourth-order valence-corrected chi connectivity index (χ4v) is 0.447. The Kier molecular flexibility index (Phi) is 7.48. The third kappa shape index (κ3) is 11.1. The Morgan fingerprint density at radius 2 is 1.62 bits per heavy atom. The lowest BCUT2D eigenvalue weighted by Crippen LogP contribution is -2.22. The summed E-state index contributed by atoms with van der Waals surface area (Å²) in [6.07, 6.45) is 1.18. The normalized spacial score (nSPS) is 12.1. The van der Waals surface area contributed by atoms with Crippen LogP contribution in [-0.2, 0) is 0 Å². The van der Waals surface area contributed by atoms with Crippen molar-refractivity contribution < 1.29 is 0 Å². The molecule has 0 aliphatic carbocycles. The molecule has 0 atom stereocenters. The largest absolute Gasteiger partial charge is 0.323 e. The molecular formula is C10H23N3. The quantitative estimate of drug-likeness (QED) is 0.368. The minimum atomic E-state index is -0.101. The van der Waals surface area contributed by atoms with E-state index in [1.165, 1.54) is 6.21 Å². The third-order valence-corrected chi connectivity index (χ3v) is 1.04. The third-order valence-electron chi connectivity index (χ3n) is 1.04. The van der Waals surface area contributed by atoms with Crippen LogP contribution in [0.2, 0.25) is 0 Å². The molecule has 0 bridgehead atoms. The molecule has 0 spiro atoms. The van der Waals surface area contributed by atoms with Gasteiger partial charge in [0.05, 0.1) is 5.71 Å². The van der Waals surface area contributed by atoms with Crippen molar-refractivity contribution in [3.05, 3.63) is 0 Å². The van der Waals surface area contributed by atoms with Gasteiger partial charge < -0.3 is 11.3 Å². The van der Waals surface area contributed by atoms with Crippen molar-refractivity contribution >= 4 is 11.9 Å². The second-order valence-corrected chi connectivity index (χ2v) is 4.64. The molecule has 0 radical (unpaired) electrons. The van der Waals surface area contributed by atoms with Crippen LogP contribution in [0, 0.1) is 16.7 Å². The van der Waals surface area contributed by atoms with E-state index in [4.69, 9.17) is 11.3 Å². The number of nitrogens with two attached hydrogens (primary N) is 1. The van der Waals surface area contributed by atoms with Crippen LogP contribution in [0.1, 0.15) is 41.5 Å². The van der Waals surface area contributed by atoms with Crippen molar-refractivity contribution in [2.75, 3.05) is 0 Å². The van der Waals surface area contributed by atoms with Gasteiger partial charge in [-0.05, 0) is 5.92 Å². The highest BCUT2D eigenvalue weighted by Gasteiger charge is 2.15. The molecule has 0 aliphatic rings. The number of hydrogen-bond donors (Lipinski definition) is 2. The van der Waals surface area contributed by atoms with Gasteiger partial charge in [-0.15, -0.1) is 0 Å². The predicted molar refractivity (Wildman–Crippen MR) is 60.4 cm³/mol. The van der Waals surface area contributed by atoms with Crippen LogP contribution in [0.5, 0.6) is 0 Å². The lowest BCUT2D eigenvalue weighted by molar-refractivity contribution is 0.596. The van der Waals surface area contributed by atoms with Gasteiger partial charge in [0.1, 0.15) is 0 Å². The second-order valence-electron chi connectivity index (χ2n) is 4.64. The number of hydrazone groups is 1. The summed E-state index contributed by atoms with van der Waals surface area (Å²) in [4.78, 5) is 0. The zero-order valence-electron chi connectivity index (χ0n) is 9.68. The summed E-state index contributed by atoms with van der Waals surface area (Å²) in [6.45, 7) is 12.4. The number of hydrogen-bond acceptors (Lipinski definition) is 3. The van der Waals surface area contributed by atoms with Crippen LogP contribution < -0.4 is 5.84 Å². The van der Waals surface area contributed by atoms with E-state index < -0.39 is 0 Å². The predicted octanol–water partition coefficient (Wildman–Crippen LogP) is 2.66. The minimum absolute atomic E-state index is 0.101. The smallest absolute Gasteiger partial charge is 0.0828 e. The molecule has 3 heteroatoms. The summed E-state index contributed by atoms with van der Waals surface area (Å²) >= 11 is 0. The van der Waals surface area contributed by atoms with Gasteiger partial charge >= 0.3 is 0 Å². The first-order chi connectivity index (χ1) is 5.75. The first-order valence-corrected chi connectivity index (χ1v) is 4.54. The molecule has 0 saturated carbocycles. The summed E-state index contributed by atoms with van der Waals surface area (Å²) < 4.78 is 0. The van der Waals surface area contributed by atoms with E-state index in [0.29, 0.717) is 5.71 Å². The van der Waals surface area contributed by atoms with Gasteiger partial charge in [-0.25, -0.2) is 0 Å². The molecule has 13 heavy (non-hydrogen) atoms. The maximum Gasteiger partial charge on any atom is 0.0828 e. The van der Waals surface area contributed by atoms with Crippen LogP contribution in [0.4, 0.5) is 0 Å². The highest BCUT2D eigenvalue weighted by atomic mass is 15.1. The molecule has 0 rings (SSSR count). The van der Waals surface area contributed by atoms with Gasteiger partial charge in [0.15, 0.2) is 0 Å². The highest BCUT2D eigenvalue weighted by molar-refractivity contribution is 6.31. The molecule has 0 unspecified atom stereocenters. The van der Waals surface area contributed by atoms with Crippen molar-refractivity contribution in [2.45, 2.75) is 41.5 Å². The summed E-state index contributed by atoms with van der Waals surface area (Å²) in [5, 5.41) is 10.3. The van der Waals surface area contributed by atoms with Crippen LogP contribution in [0.25, 0.3) is 0 Å². The molecule has 0 fully saturated rings. The number of nitrogens with zero attached hydrogens (tertiary/aromatic N) is 1.